The summed E-state index contributed by atoms with van der Waals surface area (Å²) in [4.78, 5) is 11.2. The second-order valence-electron chi connectivity index (χ2n) is 8.69. The van der Waals surface area contributed by atoms with Crippen LogP contribution in [0.1, 0.15) is 63.4 Å². The molecule has 5 nitrogen and oxygen atoms in total. The van der Waals surface area contributed by atoms with Crippen LogP contribution in [-0.2, 0) is 24.6 Å². The fourth-order valence-corrected chi connectivity index (χ4v) is 4.90. The number of hydrogen-bond acceptors (Lipinski definition) is 5. The second kappa shape index (κ2) is 8.88. The molecule has 0 N–H and O–H groups in total. The zero-order chi connectivity index (χ0) is 20.2. The van der Waals surface area contributed by atoms with Crippen LogP contribution in [0.15, 0.2) is 36.4 Å². The Bertz CT molecular complexity index is 710. The molecule has 4 fully saturated rings. The number of fused-ring (bicyclic) bond motifs is 3. The number of carbonyl (C=O) groups is 1. The lowest BCUT2D eigenvalue weighted by atomic mass is 9.62. The fourth-order valence-electron chi connectivity index (χ4n) is 4.90. The Labute approximate surface area is 173 Å². The third-order valence-electron chi connectivity index (χ3n) is 6.84. The summed E-state index contributed by atoms with van der Waals surface area (Å²) in [6, 6.07) is 8.41. The second-order valence-corrected chi connectivity index (χ2v) is 8.69. The first-order chi connectivity index (χ1) is 14.1. The summed E-state index contributed by atoms with van der Waals surface area (Å²) in [7, 11) is 1.41. The SMILES string of the molecule is COC(=O)C=CCCC12CCC(c3cccc(OC4CCCCO4)c3)(CC1)OC2. The van der Waals surface area contributed by atoms with Crippen LogP contribution in [0, 0.1) is 5.41 Å². The van der Waals surface area contributed by atoms with E-state index in [9.17, 15) is 4.79 Å². The van der Waals surface area contributed by atoms with Gasteiger partial charge in [-0.05, 0) is 74.5 Å². The highest BCUT2D eigenvalue weighted by molar-refractivity contribution is 5.81. The summed E-state index contributed by atoms with van der Waals surface area (Å²) in [5.74, 6) is 0.591. The lowest BCUT2D eigenvalue weighted by Crippen LogP contribution is -2.49. The Kier molecular flexibility index (Phi) is 6.26. The number of hydrogen-bond donors (Lipinski definition) is 0. The normalized spacial score (nSPS) is 31.7. The number of ether oxygens (including phenoxy) is 4. The highest BCUT2D eigenvalue weighted by atomic mass is 16.7. The average molecular weight is 401 g/mol. The molecule has 3 saturated heterocycles. The molecule has 3 aliphatic heterocycles. The summed E-state index contributed by atoms with van der Waals surface area (Å²) in [5, 5.41) is 0. The molecule has 0 spiro atoms. The number of esters is 1. The summed E-state index contributed by atoms with van der Waals surface area (Å²) < 4.78 is 22.9. The number of rotatable bonds is 7. The van der Waals surface area contributed by atoms with Gasteiger partial charge in [0.05, 0.1) is 25.9 Å². The molecule has 158 valence electrons. The van der Waals surface area contributed by atoms with Gasteiger partial charge in [0, 0.05) is 12.5 Å². The van der Waals surface area contributed by atoms with E-state index in [1.165, 1.54) is 18.7 Å². The smallest absolute Gasteiger partial charge is 0.330 e. The van der Waals surface area contributed by atoms with Gasteiger partial charge in [-0.25, -0.2) is 4.79 Å². The Morgan fingerprint density at radius 2 is 2.10 bits per heavy atom. The van der Waals surface area contributed by atoms with Crippen molar-refractivity contribution in [3.05, 3.63) is 42.0 Å². The maximum Gasteiger partial charge on any atom is 0.330 e. The standard InChI is InChI=1S/C24H32O5/c1-26-21(25)9-2-4-11-23-12-14-24(15-13-23,28-18-23)19-7-6-8-20(17-19)29-22-10-3-5-16-27-22/h2,6-9,17,22H,3-5,10-16,18H2,1H3. The Balaban J connectivity index is 1.36. The quantitative estimate of drug-likeness (QED) is 0.482. The van der Waals surface area contributed by atoms with Gasteiger partial charge in [-0.2, -0.15) is 0 Å². The molecular formula is C24H32O5. The van der Waals surface area contributed by atoms with Crippen LogP contribution in [-0.4, -0.2) is 32.6 Å². The first-order valence-corrected chi connectivity index (χ1v) is 10.9. The predicted molar refractivity (Wildman–Crippen MR) is 110 cm³/mol. The van der Waals surface area contributed by atoms with Crippen molar-refractivity contribution in [1.82, 2.24) is 0 Å². The van der Waals surface area contributed by atoms with Gasteiger partial charge in [-0.3, -0.25) is 0 Å². The van der Waals surface area contributed by atoms with Gasteiger partial charge in [-0.1, -0.05) is 18.2 Å². The lowest BCUT2D eigenvalue weighted by Gasteiger charge is -2.53. The molecule has 2 bridgehead atoms. The lowest BCUT2D eigenvalue weighted by molar-refractivity contribution is -0.191. The van der Waals surface area contributed by atoms with Crippen LogP contribution in [0.2, 0.25) is 0 Å². The van der Waals surface area contributed by atoms with E-state index in [0.29, 0.717) is 0 Å². The van der Waals surface area contributed by atoms with Crippen molar-refractivity contribution in [2.24, 2.45) is 5.41 Å². The van der Waals surface area contributed by atoms with Crippen LogP contribution in [0.25, 0.3) is 0 Å². The highest BCUT2D eigenvalue weighted by Gasteiger charge is 2.50. The zero-order valence-corrected chi connectivity index (χ0v) is 17.4. The van der Waals surface area contributed by atoms with Gasteiger partial charge in [0.1, 0.15) is 5.75 Å². The number of allylic oxidation sites excluding steroid dienone is 1. The van der Waals surface area contributed by atoms with E-state index in [2.05, 4.69) is 22.9 Å². The Morgan fingerprint density at radius 3 is 2.79 bits per heavy atom. The van der Waals surface area contributed by atoms with E-state index in [4.69, 9.17) is 14.2 Å². The van der Waals surface area contributed by atoms with Gasteiger partial charge in [0.15, 0.2) is 6.29 Å². The van der Waals surface area contributed by atoms with E-state index >= 15 is 0 Å². The maximum atomic E-state index is 11.2. The molecule has 5 rings (SSSR count). The molecule has 1 saturated carbocycles. The largest absolute Gasteiger partial charge is 0.466 e. The summed E-state index contributed by atoms with van der Waals surface area (Å²) in [6.45, 7) is 1.57. The molecule has 1 unspecified atom stereocenters. The summed E-state index contributed by atoms with van der Waals surface area (Å²) >= 11 is 0. The molecule has 1 aromatic carbocycles. The minimum Gasteiger partial charge on any atom is -0.466 e. The van der Waals surface area contributed by atoms with E-state index < -0.39 is 0 Å². The van der Waals surface area contributed by atoms with Crippen LogP contribution < -0.4 is 4.74 Å². The van der Waals surface area contributed by atoms with Crippen molar-refractivity contribution in [2.45, 2.75) is 69.7 Å². The van der Waals surface area contributed by atoms with Crippen molar-refractivity contribution < 1.29 is 23.7 Å². The number of benzene rings is 1. The van der Waals surface area contributed by atoms with Crippen LogP contribution >= 0.6 is 0 Å². The van der Waals surface area contributed by atoms with Crippen LogP contribution in [0.5, 0.6) is 5.75 Å². The van der Waals surface area contributed by atoms with Gasteiger partial charge in [0.25, 0.3) is 0 Å². The van der Waals surface area contributed by atoms with Crippen molar-refractivity contribution in [2.75, 3.05) is 20.3 Å². The molecule has 0 amide bonds. The van der Waals surface area contributed by atoms with Crippen molar-refractivity contribution in [3.8, 4) is 5.75 Å². The minimum absolute atomic E-state index is 0.124. The zero-order valence-electron chi connectivity index (χ0n) is 17.4. The highest BCUT2D eigenvalue weighted by Crippen LogP contribution is 2.55. The summed E-state index contributed by atoms with van der Waals surface area (Å²) in [6.07, 6.45) is 12.9. The molecule has 1 atom stereocenters. The molecule has 3 heterocycles. The van der Waals surface area contributed by atoms with Gasteiger partial charge >= 0.3 is 5.97 Å². The molecule has 1 aliphatic carbocycles. The fraction of sp³-hybridized carbons (Fsp3) is 0.625. The molecule has 0 aromatic heterocycles. The van der Waals surface area contributed by atoms with E-state index in [1.807, 2.05) is 12.1 Å². The molecular weight excluding hydrogens is 368 g/mol. The van der Waals surface area contributed by atoms with E-state index in [1.54, 1.807) is 0 Å². The molecule has 4 aliphatic rings. The Morgan fingerprint density at radius 1 is 1.24 bits per heavy atom. The monoisotopic (exact) mass is 400 g/mol. The predicted octanol–water partition coefficient (Wildman–Crippen LogP) is 4.89. The minimum atomic E-state index is -0.286. The van der Waals surface area contributed by atoms with Crippen molar-refractivity contribution >= 4 is 5.97 Å². The maximum absolute atomic E-state index is 11.2. The topological polar surface area (TPSA) is 54.0 Å². The number of carbonyl (C=O) groups excluding carboxylic acids is 1. The first-order valence-electron chi connectivity index (χ1n) is 10.9. The first kappa shape index (κ1) is 20.4. The van der Waals surface area contributed by atoms with Gasteiger partial charge in [-0.15, -0.1) is 0 Å². The van der Waals surface area contributed by atoms with Crippen LogP contribution in [0.3, 0.4) is 0 Å². The van der Waals surface area contributed by atoms with E-state index in [-0.39, 0.29) is 23.3 Å². The molecule has 29 heavy (non-hydrogen) atoms. The van der Waals surface area contributed by atoms with Crippen LogP contribution in [0.4, 0.5) is 0 Å². The van der Waals surface area contributed by atoms with Gasteiger partial charge < -0.3 is 18.9 Å². The number of methoxy groups -OCH3 is 1. The van der Waals surface area contributed by atoms with E-state index in [0.717, 1.165) is 76.8 Å². The summed E-state index contributed by atoms with van der Waals surface area (Å²) in [5.41, 5.74) is 1.28. The Hall–Kier alpha value is -1.85. The average Bonchev–Trinajstić information content (AvgIpc) is 2.79. The third-order valence-corrected chi connectivity index (χ3v) is 6.84. The third kappa shape index (κ3) is 4.67. The molecule has 5 heteroatoms. The van der Waals surface area contributed by atoms with Crippen molar-refractivity contribution in [3.63, 3.8) is 0 Å². The molecule has 1 aromatic rings. The van der Waals surface area contributed by atoms with Gasteiger partial charge in [0.2, 0.25) is 0 Å². The molecule has 0 radical (unpaired) electrons. The van der Waals surface area contributed by atoms with Crippen molar-refractivity contribution in [1.29, 1.82) is 0 Å².